The minimum Gasteiger partial charge on any atom is -0.483 e. The summed E-state index contributed by atoms with van der Waals surface area (Å²) in [5.41, 5.74) is 2.31. The van der Waals surface area contributed by atoms with Gasteiger partial charge in [-0.3, -0.25) is 9.59 Å². The Bertz CT molecular complexity index is 855. The van der Waals surface area contributed by atoms with Crippen molar-refractivity contribution in [2.45, 2.75) is 52.5 Å². The Balaban J connectivity index is 2.08. The monoisotopic (exact) mass is 488 g/mol. The highest BCUT2D eigenvalue weighted by Gasteiger charge is 2.26. The Morgan fingerprint density at radius 3 is 2.42 bits per heavy atom. The van der Waals surface area contributed by atoms with Crippen LogP contribution >= 0.6 is 15.9 Å². The fourth-order valence-corrected chi connectivity index (χ4v) is 3.69. The van der Waals surface area contributed by atoms with Crippen LogP contribution in [-0.2, 0) is 16.0 Å². The van der Waals surface area contributed by atoms with Crippen molar-refractivity contribution in [1.29, 1.82) is 0 Å². The van der Waals surface area contributed by atoms with Crippen molar-refractivity contribution < 1.29 is 14.3 Å². The van der Waals surface area contributed by atoms with Crippen molar-refractivity contribution in [2.24, 2.45) is 0 Å². The third kappa shape index (κ3) is 7.69. The molecular weight excluding hydrogens is 456 g/mol. The molecule has 0 unspecified atom stereocenters. The van der Waals surface area contributed by atoms with Gasteiger partial charge in [0.2, 0.25) is 5.91 Å². The van der Waals surface area contributed by atoms with Crippen molar-refractivity contribution in [2.75, 3.05) is 19.7 Å². The Kier molecular flexibility index (Phi) is 10.0. The molecule has 1 N–H and O–H groups in total. The summed E-state index contributed by atoms with van der Waals surface area (Å²) in [6.45, 7) is 8.93. The van der Waals surface area contributed by atoms with Gasteiger partial charge in [-0.15, -0.1) is 0 Å². The van der Waals surface area contributed by atoms with Gasteiger partial charge in [0.05, 0.1) is 4.47 Å². The van der Waals surface area contributed by atoms with Crippen LogP contribution < -0.4 is 10.1 Å². The zero-order valence-electron chi connectivity index (χ0n) is 18.9. The molecule has 0 fully saturated rings. The number of carbonyl (C=O) groups is 2. The third-order valence-corrected chi connectivity index (χ3v) is 5.79. The van der Waals surface area contributed by atoms with E-state index < -0.39 is 6.04 Å². The van der Waals surface area contributed by atoms with E-state index in [1.807, 2.05) is 55.5 Å². The van der Waals surface area contributed by atoms with Crippen molar-refractivity contribution in [3.05, 3.63) is 64.1 Å². The first-order valence-corrected chi connectivity index (χ1v) is 11.7. The quantitative estimate of drug-likeness (QED) is 0.487. The highest BCUT2D eigenvalue weighted by molar-refractivity contribution is 9.10. The van der Waals surface area contributed by atoms with Crippen LogP contribution in [0.3, 0.4) is 0 Å². The summed E-state index contributed by atoms with van der Waals surface area (Å²) >= 11 is 3.53. The lowest BCUT2D eigenvalue weighted by Gasteiger charge is -2.28. The average Bonchev–Trinajstić information content (AvgIpc) is 2.77. The molecule has 0 aliphatic heterocycles. The van der Waals surface area contributed by atoms with Gasteiger partial charge >= 0.3 is 0 Å². The maximum absolute atomic E-state index is 13.0. The molecule has 5 nitrogen and oxygen atoms in total. The van der Waals surface area contributed by atoms with E-state index >= 15 is 0 Å². The van der Waals surface area contributed by atoms with Crippen LogP contribution in [0.25, 0.3) is 0 Å². The summed E-state index contributed by atoms with van der Waals surface area (Å²) in [5, 5.41) is 2.88. The van der Waals surface area contributed by atoms with Gasteiger partial charge in [-0.05, 0) is 64.9 Å². The fraction of sp³-hybridized carbons (Fsp3) is 0.440. The molecule has 0 aliphatic rings. The lowest BCUT2D eigenvalue weighted by atomic mass is 10.0. The molecule has 0 bridgehead atoms. The van der Waals surface area contributed by atoms with Gasteiger partial charge < -0.3 is 15.0 Å². The highest BCUT2D eigenvalue weighted by atomic mass is 79.9. The minimum atomic E-state index is -0.571. The fourth-order valence-electron chi connectivity index (χ4n) is 3.18. The molecule has 0 radical (unpaired) electrons. The summed E-state index contributed by atoms with van der Waals surface area (Å²) in [4.78, 5) is 27.2. The summed E-state index contributed by atoms with van der Waals surface area (Å²) in [6, 6.07) is 15.3. The first-order valence-electron chi connectivity index (χ1n) is 10.9. The largest absolute Gasteiger partial charge is 0.483 e. The van der Waals surface area contributed by atoms with Crippen LogP contribution in [0.1, 0.15) is 51.2 Å². The third-order valence-electron chi connectivity index (χ3n) is 5.17. The number of amides is 2. The number of hydrogen-bond donors (Lipinski definition) is 1. The molecule has 0 heterocycles. The Hall–Kier alpha value is -2.34. The molecule has 2 aromatic carbocycles. The van der Waals surface area contributed by atoms with E-state index in [-0.39, 0.29) is 18.4 Å². The summed E-state index contributed by atoms with van der Waals surface area (Å²) in [6.07, 6.45) is 1.52. The van der Waals surface area contributed by atoms with Gasteiger partial charge in [0.15, 0.2) is 6.61 Å². The van der Waals surface area contributed by atoms with E-state index in [4.69, 9.17) is 4.74 Å². The van der Waals surface area contributed by atoms with E-state index in [1.165, 1.54) is 5.56 Å². The van der Waals surface area contributed by atoms with Crippen LogP contribution in [0.4, 0.5) is 0 Å². The summed E-state index contributed by atoms with van der Waals surface area (Å²) < 4.78 is 6.62. The van der Waals surface area contributed by atoms with E-state index in [0.29, 0.717) is 31.2 Å². The van der Waals surface area contributed by atoms with E-state index in [0.717, 1.165) is 16.5 Å². The SMILES string of the molecule is CCCNC(=O)[C@H](C)N(CCc1ccccc1)C(=O)COc1ccc(C(C)C)cc1Br. The zero-order chi connectivity index (χ0) is 22.8. The lowest BCUT2D eigenvalue weighted by molar-refractivity contribution is -0.141. The second-order valence-electron chi connectivity index (χ2n) is 7.92. The molecule has 0 aliphatic carbocycles. The Morgan fingerprint density at radius 1 is 1.10 bits per heavy atom. The Morgan fingerprint density at radius 2 is 1.81 bits per heavy atom. The number of benzene rings is 2. The molecule has 6 heteroatoms. The van der Waals surface area contributed by atoms with Crippen LogP contribution in [0.15, 0.2) is 53.0 Å². The van der Waals surface area contributed by atoms with Gasteiger partial charge in [0, 0.05) is 13.1 Å². The van der Waals surface area contributed by atoms with Gasteiger partial charge in [-0.25, -0.2) is 0 Å². The molecule has 2 amide bonds. The van der Waals surface area contributed by atoms with E-state index in [1.54, 1.807) is 11.8 Å². The number of rotatable bonds is 11. The van der Waals surface area contributed by atoms with Crippen LogP contribution in [-0.4, -0.2) is 42.5 Å². The number of halogens is 1. The van der Waals surface area contributed by atoms with E-state index in [2.05, 4.69) is 35.1 Å². The molecule has 0 spiro atoms. The standard InChI is InChI=1S/C25H33BrN2O3/c1-5-14-27-25(30)19(4)28(15-13-20-9-7-6-8-10-20)24(29)17-31-23-12-11-21(18(2)3)16-22(23)26/h6-12,16,18-19H,5,13-15,17H2,1-4H3,(H,27,30)/t19-/m0/s1. The zero-order valence-corrected chi connectivity index (χ0v) is 20.4. The molecular formula is C25H33BrN2O3. The summed E-state index contributed by atoms with van der Waals surface area (Å²) in [7, 11) is 0. The van der Waals surface area contributed by atoms with Crippen molar-refractivity contribution in [3.63, 3.8) is 0 Å². The van der Waals surface area contributed by atoms with Gasteiger partial charge in [0.25, 0.3) is 5.91 Å². The van der Waals surface area contributed by atoms with Crippen LogP contribution in [0.2, 0.25) is 0 Å². The molecule has 1 atom stereocenters. The number of nitrogens with zero attached hydrogens (tertiary/aromatic N) is 1. The van der Waals surface area contributed by atoms with Crippen molar-refractivity contribution in [1.82, 2.24) is 10.2 Å². The Labute approximate surface area is 194 Å². The molecule has 2 aromatic rings. The molecule has 2 rings (SSSR count). The van der Waals surface area contributed by atoms with Gasteiger partial charge in [-0.1, -0.05) is 57.2 Å². The smallest absolute Gasteiger partial charge is 0.261 e. The van der Waals surface area contributed by atoms with Crippen LogP contribution in [0.5, 0.6) is 5.75 Å². The molecule has 168 valence electrons. The lowest BCUT2D eigenvalue weighted by Crippen LogP contribution is -2.50. The maximum Gasteiger partial charge on any atom is 0.261 e. The van der Waals surface area contributed by atoms with Crippen LogP contribution in [0, 0.1) is 0 Å². The minimum absolute atomic E-state index is 0.125. The topological polar surface area (TPSA) is 58.6 Å². The predicted molar refractivity (Wildman–Crippen MR) is 128 cm³/mol. The second kappa shape index (κ2) is 12.5. The highest BCUT2D eigenvalue weighted by Crippen LogP contribution is 2.29. The number of hydrogen-bond acceptors (Lipinski definition) is 3. The number of ether oxygens (including phenoxy) is 1. The number of carbonyl (C=O) groups excluding carboxylic acids is 2. The second-order valence-corrected chi connectivity index (χ2v) is 8.78. The van der Waals surface area contributed by atoms with Crippen molar-refractivity contribution in [3.8, 4) is 5.75 Å². The molecule has 0 aromatic heterocycles. The van der Waals surface area contributed by atoms with Gasteiger partial charge in [-0.2, -0.15) is 0 Å². The van der Waals surface area contributed by atoms with E-state index in [9.17, 15) is 9.59 Å². The number of nitrogens with one attached hydrogen (secondary N) is 1. The molecule has 0 saturated carbocycles. The maximum atomic E-state index is 13.0. The van der Waals surface area contributed by atoms with Gasteiger partial charge in [0.1, 0.15) is 11.8 Å². The molecule has 0 saturated heterocycles. The first kappa shape index (κ1) is 24.9. The normalized spacial score (nSPS) is 11.8. The average molecular weight is 489 g/mol. The molecule has 31 heavy (non-hydrogen) atoms. The summed E-state index contributed by atoms with van der Waals surface area (Å²) in [5.74, 6) is 0.660. The first-order chi connectivity index (χ1) is 14.8. The predicted octanol–water partition coefficient (Wildman–Crippen LogP) is 4.94. The van der Waals surface area contributed by atoms with Crippen molar-refractivity contribution >= 4 is 27.7 Å².